The summed E-state index contributed by atoms with van der Waals surface area (Å²) in [6, 6.07) is 0.202. The number of aryl methyl sites for hydroxylation is 1. The summed E-state index contributed by atoms with van der Waals surface area (Å²) in [5, 5.41) is 7.79. The number of ether oxygens (including phenoxy) is 2. The Hall–Kier alpha value is -1.76. The summed E-state index contributed by atoms with van der Waals surface area (Å²) in [4.78, 5) is 14.3. The third-order valence-electron chi connectivity index (χ3n) is 3.98. The summed E-state index contributed by atoms with van der Waals surface area (Å²) in [6.07, 6.45) is 5.45. The van der Waals surface area contributed by atoms with Gasteiger partial charge in [0, 0.05) is 25.3 Å². The van der Waals surface area contributed by atoms with Crippen molar-refractivity contribution in [2.24, 2.45) is 0 Å². The molecule has 1 aromatic heterocycles. The summed E-state index contributed by atoms with van der Waals surface area (Å²) in [5.74, 6) is 0. The molecule has 1 amide bonds. The lowest BCUT2D eigenvalue weighted by molar-refractivity contribution is -0.0345. The molecule has 7 heteroatoms. The van der Waals surface area contributed by atoms with Gasteiger partial charge in [0.25, 0.3) is 0 Å². The standard InChI is InChI=1S/C18H32N4O3/c1-6-7-21-12-15(11-19-21)20-14(2)10-16-13-24-9-8-22(16)17(23)25-18(3,4)5/h11-12,14,16,20H,6-10,13H2,1-5H3. The molecule has 2 unspecified atom stereocenters. The number of carbonyl (C=O) groups is 1. The van der Waals surface area contributed by atoms with Gasteiger partial charge in [-0.3, -0.25) is 4.68 Å². The normalized spacial score (nSPS) is 19.6. The van der Waals surface area contributed by atoms with Gasteiger partial charge in [0.2, 0.25) is 0 Å². The molecule has 2 heterocycles. The fourth-order valence-corrected chi connectivity index (χ4v) is 2.95. The van der Waals surface area contributed by atoms with Crippen LogP contribution in [0.4, 0.5) is 10.5 Å². The molecule has 0 spiro atoms. The summed E-state index contributed by atoms with van der Waals surface area (Å²) >= 11 is 0. The van der Waals surface area contributed by atoms with Gasteiger partial charge in [0.15, 0.2) is 0 Å². The molecule has 25 heavy (non-hydrogen) atoms. The van der Waals surface area contributed by atoms with E-state index in [1.54, 1.807) is 4.90 Å². The van der Waals surface area contributed by atoms with Crippen molar-refractivity contribution in [1.82, 2.24) is 14.7 Å². The lowest BCUT2D eigenvalue weighted by atomic mass is 10.1. The molecule has 0 aromatic carbocycles. The van der Waals surface area contributed by atoms with Crippen LogP contribution in [-0.4, -0.2) is 58.2 Å². The molecule has 2 rings (SSSR count). The van der Waals surface area contributed by atoms with Crippen LogP contribution in [-0.2, 0) is 16.0 Å². The van der Waals surface area contributed by atoms with Crippen molar-refractivity contribution >= 4 is 11.8 Å². The van der Waals surface area contributed by atoms with Crippen LogP contribution in [0.15, 0.2) is 12.4 Å². The number of hydrogen-bond acceptors (Lipinski definition) is 5. The molecule has 2 atom stereocenters. The summed E-state index contributed by atoms with van der Waals surface area (Å²) in [5.41, 5.74) is 0.513. The first kappa shape index (κ1) is 19.6. The minimum Gasteiger partial charge on any atom is -0.444 e. The molecule has 0 radical (unpaired) electrons. The highest BCUT2D eigenvalue weighted by atomic mass is 16.6. The van der Waals surface area contributed by atoms with Crippen molar-refractivity contribution in [2.45, 2.75) is 71.7 Å². The largest absolute Gasteiger partial charge is 0.444 e. The first-order valence-corrected chi connectivity index (χ1v) is 9.15. The Morgan fingerprint density at radius 2 is 2.28 bits per heavy atom. The van der Waals surface area contributed by atoms with E-state index in [1.807, 2.05) is 37.8 Å². The summed E-state index contributed by atoms with van der Waals surface area (Å²) < 4.78 is 13.1. The Bertz CT molecular complexity index is 553. The van der Waals surface area contributed by atoms with Gasteiger partial charge in [-0.2, -0.15) is 5.10 Å². The van der Waals surface area contributed by atoms with Gasteiger partial charge < -0.3 is 19.7 Å². The maximum Gasteiger partial charge on any atom is 0.410 e. The van der Waals surface area contributed by atoms with Gasteiger partial charge >= 0.3 is 6.09 Å². The van der Waals surface area contributed by atoms with Crippen LogP contribution in [0.3, 0.4) is 0 Å². The number of carbonyl (C=O) groups excluding carboxylic acids is 1. The molecule has 0 aliphatic carbocycles. The summed E-state index contributed by atoms with van der Waals surface area (Å²) in [7, 11) is 0. The number of amides is 1. The monoisotopic (exact) mass is 352 g/mol. The fourth-order valence-electron chi connectivity index (χ4n) is 2.95. The fraction of sp³-hybridized carbons (Fsp3) is 0.778. The molecule has 0 bridgehead atoms. The molecule has 1 saturated heterocycles. The van der Waals surface area contributed by atoms with Crippen molar-refractivity contribution in [3.05, 3.63) is 12.4 Å². The third-order valence-corrected chi connectivity index (χ3v) is 3.98. The second-order valence-corrected chi connectivity index (χ2v) is 7.68. The third kappa shape index (κ3) is 6.23. The van der Waals surface area contributed by atoms with Crippen LogP contribution < -0.4 is 5.32 Å². The van der Waals surface area contributed by atoms with Gasteiger partial charge in [0.1, 0.15) is 5.60 Å². The number of rotatable bonds is 6. The van der Waals surface area contributed by atoms with Crippen LogP contribution in [0.25, 0.3) is 0 Å². The van der Waals surface area contributed by atoms with Gasteiger partial charge in [-0.05, 0) is 40.5 Å². The smallest absolute Gasteiger partial charge is 0.410 e. The molecule has 1 aliphatic rings. The van der Waals surface area contributed by atoms with Crippen LogP contribution in [0, 0.1) is 0 Å². The Labute approximate surface area is 150 Å². The molecule has 142 valence electrons. The average molecular weight is 352 g/mol. The molecule has 1 aliphatic heterocycles. The zero-order valence-corrected chi connectivity index (χ0v) is 16.1. The van der Waals surface area contributed by atoms with Gasteiger partial charge in [0.05, 0.1) is 31.1 Å². The second-order valence-electron chi connectivity index (χ2n) is 7.68. The maximum atomic E-state index is 12.5. The number of morpholine rings is 1. The highest BCUT2D eigenvalue weighted by Gasteiger charge is 2.31. The lowest BCUT2D eigenvalue weighted by Gasteiger charge is -2.37. The number of aromatic nitrogens is 2. The predicted molar refractivity (Wildman–Crippen MR) is 97.8 cm³/mol. The van der Waals surface area contributed by atoms with Crippen molar-refractivity contribution in [3.8, 4) is 0 Å². The molecule has 1 fully saturated rings. The molecule has 1 N–H and O–H groups in total. The van der Waals surface area contributed by atoms with Crippen molar-refractivity contribution in [1.29, 1.82) is 0 Å². The van der Waals surface area contributed by atoms with E-state index < -0.39 is 5.60 Å². The Kier molecular flexibility index (Phi) is 6.70. The Balaban J connectivity index is 1.91. The maximum absolute atomic E-state index is 12.5. The van der Waals surface area contributed by atoms with E-state index in [-0.39, 0.29) is 18.2 Å². The minimum atomic E-state index is -0.488. The highest BCUT2D eigenvalue weighted by molar-refractivity contribution is 5.68. The predicted octanol–water partition coefficient (Wildman–Crippen LogP) is 3.12. The average Bonchev–Trinajstić information content (AvgIpc) is 2.93. The van der Waals surface area contributed by atoms with E-state index in [2.05, 4.69) is 24.3 Å². The minimum absolute atomic E-state index is 0.0109. The molecular formula is C18H32N4O3. The van der Waals surface area contributed by atoms with Crippen LogP contribution in [0.2, 0.25) is 0 Å². The quantitative estimate of drug-likeness (QED) is 0.852. The van der Waals surface area contributed by atoms with Crippen molar-refractivity contribution in [2.75, 3.05) is 25.1 Å². The number of anilines is 1. The van der Waals surface area contributed by atoms with Crippen LogP contribution in [0.5, 0.6) is 0 Å². The molecule has 0 saturated carbocycles. The van der Waals surface area contributed by atoms with E-state index >= 15 is 0 Å². The number of nitrogens with one attached hydrogen (secondary N) is 1. The van der Waals surface area contributed by atoms with Gasteiger partial charge in [-0.25, -0.2) is 4.79 Å². The van der Waals surface area contributed by atoms with Gasteiger partial charge in [-0.1, -0.05) is 6.92 Å². The summed E-state index contributed by atoms with van der Waals surface area (Å²) in [6.45, 7) is 12.5. The van der Waals surface area contributed by atoms with E-state index in [0.29, 0.717) is 19.8 Å². The molecular weight excluding hydrogens is 320 g/mol. The first-order chi connectivity index (χ1) is 11.8. The molecule has 7 nitrogen and oxygen atoms in total. The highest BCUT2D eigenvalue weighted by Crippen LogP contribution is 2.19. The van der Waals surface area contributed by atoms with Crippen LogP contribution in [0.1, 0.15) is 47.5 Å². The van der Waals surface area contributed by atoms with Crippen molar-refractivity contribution in [3.63, 3.8) is 0 Å². The Morgan fingerprint density at radius 3 is 2.96 bits per heavy atom. The van der Waals surface area contributed by atoms with E-state index in [0.717, 1.165) is 25.1 Å². The lowest BCUT2D eigenvalue weighted by Crippen LogP contribution is -2.51. The van der Waals surface area contributed by atoms with E-state index in [9.17, 15) is 4.79 Å². The van der Waals surface area contributed by atoms with Crippen LogP contribution >= 0.6 is 0 Å². The second kappa shape index (κ2) is 8.56. The van der Waals surface area contributed by atoms with E-state index in [1.165, 1.54) is 0 Å². The SMILES string of the molecule is CCCn1cc(NC(C)CC2COCCN2C(=O)OC(C)(C)C)cn1. The van der Waals surface area contributed by atoms with Crippen molar-refractivity contribution < 1.29 is 14.3 Å². The van der Waals surface area contributed by atoms with E-state index in [4.69, 9.17) is 9.47 Å². The molecule has 1 aromatic rings. The zero-order chi connectivity index (χ0) is 18.4. The Morgan fingerprint density at radius 1 is 1.52 bits per heavy atom. The zero-order valence-electron chi connectivity index (χ0n) is 16.1. The first-order valence-electron chi connectivity index (χ1n) is 9.15. The topological polar surface area (TPSA) is 68.6 Å². The number of hydrogen-bond donors (Lipinski definition) is 1. The van der Waals surface area contributed by atoms with Gasteiger partial charge in [-0.15, -0.1) is 0 Å². The number of nitrogens with zero attached hydrogens (tertiary/aromatic N) is 3.